The Hall–Kier alpha value is -1.22. The van der Waals surface area contributed by atoms with Gasteiger partial charge in [-0.05, 0) is 31.0 Å². The summed E-state index contributed by atoms with van der Waals surface area (Å²) in [5.74, 6) is 0.462. The molecule has 2 N–H and O–H groups in total. The van der Waals surface area contributed by atoms with E-state index in [4.69, 9.17) is 17.3 Å². The van der Waals surface area contributed by atoms with E-state index in [0.717, 1.165) is 13.0 Å². The number of amides is 1. The van der Waals surface area contributed by atoms with Crippen molar-refractivity contribution < 1.29 is 4.79 Å². The molecule has 0 aliphatic heterocycles. The van der Waals surface area contributed by atoms with Gasteiger partial charge in [0.15, 0.2) is 0 Å². The first-order valence-corrected chi connectivity index (χ1v) is 6.71. The lowest BCUT2D eigenvalue weighted by molar-refractivity contribution is 0.0741. The Morgan fingerprint density at radius 3 is 2.61 bits per heavy atom. The van der Waals surface area contributed by atoms with Gasteiger partial charge in [-0.15, -0.1) is 0 Å². The van der Waals surface area contributed by atoms with Crippen LogP contribution in [0.2, 0.25) is 5.02 Å². The fourth-order valence-electron chi connectivity index (χ4n) is 1.74. The molecule has 0 saturated heterocycles. The van der Waals surface area contributed by atoms with Gasteiger partial charge in [0.2, 0.25) is 0 Å². The molecule has 0 aromatic heterocycles. The smallest absolute Gasteiger partial charge is 0.255 e. The molecule has 1 aromatic carbocycles. The lowest BCUT2D eigenvalue weighted by Crippen LogP contribution is -2.34. The van der Waals surface area contributed by atoms with Crippen LogP contribution in [0.25, 0.3) is 0 Å². The summed E-state index contributed by atoms with van der Waals surface area (Å²) in [6.45, 7) is 7.68. The molecular formula is C14H21ClN2O. The second kappa shape index (κ2) is 6.64. The quantitative estimate of drug-likeness (QED) is 0.832. The van der Waals surface area contributed by atoms with Gasteiger partial charge in [-0.2, -0.15) is 0 Å². The Labute approximate surface area is 114 Å². The number of hydrogen-bond acceptors (Lipinski definition) is 2. The van der Waals surface area contributed by atoms with Gasteiger partial charge in [-0.25, -0.2) is 0 Å². The van der Waals surface area contributed by atoms with Crippen LogP contribution in [0.5, 0.6) is 0 Å². The molecule has 0 aliphatic rings. The molecule has 0 radical (unpaired) electrons. The maximum absolute atomic E-state index is 12.4. The van der Waals surface area contributed by atoms with E-state index in [1.165, 1.54) is 0 Å². The number of nitrogens with zero attached hydrogens (tertiary/aromatic N) is 1. The van der Waals surface area contributed by atoms with Crippen molar-refractivity contribution in [3.8, 4) is 0 Å². The normalized spacial score (nSPS) is 12.2. The number of halogens is 1. The van der Waals surface area contributed by atoms with Crippen molar-refractivity contribution in [2.75, 3.05) is 18.8 Å². The van der Waals surface area contributed by atoms with Crippen LogP contribution in [0, 0.1) is 5.92 Å². The van der Waals surface area contributed by atoms with E-state index in [1.807, 2.05) is 11.8 Å². The Bertz CT molecular complexity index is 420. The van der Waals surface area contributed by atoms with Crippen LogP contribution in [-0.4, -0.2) is 23.9 Å². The highest BCUT2D eigenvalue weighted by Gasteiger charge is 2.18. The Kier molecular flexibility index (Phi) is 5.48. The zero-order valence-electron chi connectivity index (χ0n) is 11.2. The minimum atomic E-state index is -0.0252. The summed E-state index contributed by atoms with van der Waals surface area (Å²) in [6.07, 6.45) is 1.05. The third-order valence-electron chi connectivity index (χ3n) is 3.12. The second-order valence-corrected chi connectivity index (χ2v) is 5.00. The number of hydrogen-bond donors (Lipinski definition) is 1. The first kappa shape index (κ1) is 14.8. The van der Waals surface area contributed by atoms with Crippen molar-refractivity contribution >= 4 is 23.2 Å². The average molecular weight is 269 g/mol. The lowest BCUT2D eigenvalue weighted by atomic mass is 10.1. The summed E-state index contributed by atoms with van der Waals surface area (Å²) in [6, 6.07) is 5.02. The van der Waals surface area contributed by atoms with Gasteiger partial charge in [-0.3, -0.25) is 4.79 Å². The number of benzene rings is 1. The minimum Gasteiger partial charge on any atom is -0.399 e. The van der Waals surface area contributed by atoms with Crippen molar-refractivity contribution in [1.29, 1.82) is 0 Å². The summed E-state index contributed by atoms with van der Waals surface area (Å²) >= 11 is 6.07. The number of anilines is 1. The summed E-state index contributed by atoms with van der Waals surface area (Å²) in [5.41, 5.74) is 6.72. The zero-order chi connectivity index (χ0) is 13.7. The molecule has 1 unspecified atom stereocenters. The average Bonchev–Trinajstić information content (AvgIpc) is 2.34. The van der Waals surface area contributed by atoms with Crippen molar-refractivity contribution in [1.82, 2.24) is 4.90 Å². The molecule has 0 fully saturated rings. The third kappa shape index (κ3) is 3.64. The maximum Gasteiger partial charge on any atom is 0.255 e. The van der Waals surface area contributed by atoms with Gasteiger partial charge < -0.3 is 10.6 Å². The molecule has 0 saturated carbocycles. The number of nitrogen functional groups attached to an aromatic ring is 1. The van der Waals surface area contributed by atoms with Crippen molar-refractivity contribution in [3.63, 3.8) is 0 Å². The SMILES string of the molecule is CCC(C)CN(CC)C(=O)c1ccc(N)cc1Cl. The van der Waals surface area contributed by atoms with Crippen LogP contribution in [0.1, 0.15) is 37.6 Å². The molecule has 0 spiro atoms. The van der Waals surface area contributed by atoms with Gasteiger partial charge in [0, 0.05) is 18.8 Å². The van der Waals surface area contributed by atoms with E-state index >= 15 is 0 Å². The fraction of sp³-hybridized carbons (Fsp3) is 0.500. The van der Waals surface area contributed by atoms with Crippen LogP contribution in [0.3, 0.4) is 0 Å². The maximum atomic E-state index is 12.4. The number of rotatable bonds is 5. The molecule has 1 rings (SSSR count). The van der Waals surface area contributed by atoms with Crippen LogP contribution >= 0.6 is 11.6 Å². The van der Waals surface area contributed by atoms with Gasteiger partial charge in [0.1, 0.15) is 0 Å². The molecule has 3 nitrogen and oxygen atoms in total. The molecule has 4 heteroatoms. The molecule has 1 atom stereocenters. The Balaban J connectivity index is 2.89. The highest BCUT2D eigenvalue weighted by atomic mass is 35.5. The van der Waals surface area contributed by atoms with Crippen LogP contribution in [0.15, 0.2) is 18.2 Å². The molecule has 0 aliphatic carbocycles. The summed E-state index contributed by atoms with van der Waals surface area (Å²) in [4.78, 5) is 14.2. The Morgan fingerprint density at radius 1 is 1.44 bits per heavy atom. The Morgan fingerprint density at radius 2 is 2.11 bits per heavy atom. The first-order valence-electron chi connectivity index (χ1n) is 6.33. The molecule has 100 valence electrons. The standard InChI is InChI=1S/C14H21ClN2O/c1-4-10(3)9-17(5-2)14(18)12-7-6-11(16)8-13(12)15/h6-8,10H,4-5,9,16H2,1-3H3. The number of nitrogens with two attached hydrogens (primary N) is 1. The molecular weight excluding hydrogens is 248 g/mol. The third-order valence-corrected chi connectivity index (χ3v) is 3.43. The van der Waals surface area contributed by atoms with Crippen LogP contribution in [0.4, 0.5) is 5.69 Å². The topological polar surface area (TPSA) is 46.3 Å². The highest BCUT2D eigenvalue weighted by Crippen LogP contribution is 2.21. The highest BCUT2D eigenvalue weighted by molar-refractivity contribution is 6.34. The monoisotopic (exact) mass is 268 g/mol. The second-order valence-electron chi connectivity index (χ2n) is 4.60. The van der Waals surface area contributed by atoms with E-state index in [0.29, 0.717) is 28.7 Å². The van der Waals surface area contributed by atoms with Crippen LogP contribution < -0.4 is 5.73 Å². The predicted octanol–water partition coefficient (Wildman–Crippen LogP) is 3.43. The van der Waals surface area contributed by atoms with Crippen molar-refractivity contribution in [3.05, 3.63) is 28.8 Å². The van der Waals surface area contributed by atoms with E-state index in [1.54, 1.807) is 18.2 Å². The molecule has 0 bridgehead atoms. The minimum absolute atomic E-state index is 0.0252. The predicted molar refractivity (Wildman–Crippen MR) is 76.9 cm³/mol. The largest absolute Gasteiger partial charge is 0.399 e. The molecule has 1 aromatic rings. The van der Waals surface area contributed by atoms with Crippen molar-refractivity contribution in [2.24, 2.45) is 5.92 Å². The zero-order valence-corrected chi connectivity index (χ0v) is 12.0. The van der Waals surface area contributed by atoms with E-state index in [9.17, 15) is 4.79 Å². The van der Waals surface area contributed by atoms with E-state index < -0.39 is 0 Å². The summed E-state index contributed by atoms with van der Waals surface area (Å²) in [7, 11) is 0. The van der Waals surface area contributed by atoms with E-state index in [-0.39, 0.29) is 5.91 Å². The van der Waals surface area contributed by atoms with Gasteiger partial charge in [-0.1, -0.05) is 31.9 Å². The summed E-state index contributed by atoms with van der Waals surface area (Å²) < 4.78 is 0. The van der Waals surface area contributed by atoms with E-state index in [2.05, 4.69) is 13.8 Å². The van der Waals surface area contributed by atoms with Gasteiger partial charge in [0.25, 0.3) is 5.91 Å². The van der Waals surface area contributed by atoms with Crippen LogP contribution in [-0.2, 0) is 0 Å². The first-order chi connectivity index (χ1) is 8.49. The number of carbonyl (C=O) groups is 1. The fourth-order valence-corrected chi connectivity index (χ4v) is 2.01. The van der Waals surface area contributed by atoms with Gasteiger partial charge >= 0.3 is 0 Å². The number of carbonyl (C=O) groups excluding carboxylic acids is 1. The van der Waals surface area contributed by atoms with Gasteiger partial charge in [0.05, 0.1) is 10.6 Å². The van der Waals surface area contributed by atoms with Crippen molar-refractivity contribution in [2.45, 2.75) is 27.2 Å². The molecule has 1 amide bonds. The summed E-state index contributed by atoms with van der Waals surface area (Å²) in [5, 5.41) is 0.419. The molecule has 0 heterocycles. The lowest BCUT2D eigenvalue weighted by Gasteiger charge is -2.24. The molecule has 18 heavy (non-hydrogen) atoms.